The molecule has 0 radical (unpaired) electrons. The van der Waals surface area contributed by atoms with E-state index in [0.29, 0.717) is 67.4 Å². The number of rotatable bonds is 10. The number of esters is 1. The van der Waals surface area contributed by atoms with E-state index in [1.54, 1.807) is 17.6 Å². The standard InChI is InChI=1S/C24H28N2O5/c1-4-29-22-16-19(12-10-18(22)11-13-23(27)30-5-2)31-15-14-26-17(3)25-21-9-7-6-8-20(21)24(26)28/h6-10,12,16H,4-5,11,13-15H2,1-3H3. The maximum atomic E-state index is 12.8. The van der Waals surface area contributed by atoms with Crippen LogP contribution in [0.25, 0.3) is 10.9 Å². The van der Waals surface area contributed by atoms with E-state index in [2.05, 4.69) is 4.98 Å². The molecular formula is C24H28N2O5. The van der Waals surface area contributed by atoms with Gasteiger partial charge in [0.1, 0.15) is 23.9 Å². The van der Waals surface area contributed by atoms with Crippen molar-refractivity contribution >= 4 is 16.9 Å². The number of aromatic nitrogens is 2. The molecule has 0 aliphatic carbocycles. The molecule has 0 bridgehead atoms. The summed E-state index contributed by atoms with van der Waals surface area (Å²) in [6.45, 7) is 7.10. The molecule has 0 atom stereocenters. The molecule has 7 nitrogen and oxygen atoms in total. The first-order chi connectivity index (χ1) is 15.0. The van der Waals surface area contributed by atoms with Gasteiger partial charge in [0.15, 0.2) is 0 Å². The minimum Gasteiger partial charge on any atom is -0.493 e. The first kappa shape index (κ1) is 22.3. The summed E-state index contributed by atoms with van der Waals surface area (Å²) < 4.78 is 18.2. The Bertz CT molecular complexity index is 1110. The zero-order chi connectivity index (χ0) is 22.2. The summed E-state index contributed by atoms with van der Waals surface area (Å²) in [4.78, 5) is 28.9. The van der Waals surface area contributed by atoms with Crippen molar-refractivity contribution in [1.82, 2.24) is 9.55 Å². The predicted molar refractivity (Wildman–Crippen MR) is 119 cm³/mol. The van der Waals surface area contributed by atoms with Crippen molar-refractivity contribution in [2.45, 2.75) is 40.2 Å². The Kier molecular flexibility index (Phi) is 7.65. The van der Waals surface area contributed by atoms with Crippen LogP contribution in [0.15, 0.2) is 47.3 Å². The SMILES string of the molecule is CCOC(=O)CCc1ccc(OCCn2c(C)nc3ccccc3c2=O)cc1OCC. The topological polar surface area (TPSA) is 79.7 Å². The molecule has 0 saturated carbocycles. The third-order valence-corrected chi connectivity index (χ3v) is 4.88. The Balaban J connectivity index is 1.68. The average molecular weight is 424 g/mol. The number of ether oxygens (including phenoxy) is 3. The largest absolute Gasteiger partial charge is 0.493 e. The lowest BCUT2D eigenvalue weighted by molar-refractivity contribution is -0.143. The lowest BCUT2D eigenvalue weighted by atomic mass is 10.1. The summed E-state index contributed by atoms with van der Waals surface area (Å²) in [6.07, 6.45) is 0.830. The highest BCUT2D eigenvalue weighted by Crippen LogP contribution is 2.26. The van der Waals surface area contributed by atoms with Gasteiger partial charge in [0.2, 0.25) is 0 Å². The molecule has 164 valence electrons. The van der Waals surface area contributed by atoms with Gasteiger partial charge in [-0.05, 0) is 51.0 Å². The maximum Gasteiger partial charge on any atom is 0.306 e. The Morgan fingerprint density at radius 1 is 1.06 bits per heavy atom. The van der Waals surface area contributed by atoms with E-state index < -0.39 is 0 Å². The van der Waals surface area contributed by atoms with Crippen LogP contribution >= 0.6 is 0 Å². The molecule has 3 rings (SSSR count). The highest BCUT2D eigenvalue weighted by Gasteiger charge is 2.11. The number of hydrogen-bond acceptors (Lipinski definition) is 6. The summed E-state index contributed by atoms with van der Waals surface area (Å²) in [5, 5.41) is 0.595. The third-order valence-electron chi connectivity index (χ3n) is 4.88. The molecule has 7 heteroatoms. The summed E-state index contributed by atoms with van der Waals surface area (Å²) in [5.41, 5.74) is 1.55. The average Bonchev–Trinajstić information content (AvgIpc) is 2.76. The summed E-state index contributed by atoms with van der Waals surface area (Å²) >= 11 is 0. The van der Waals surface area contributed by atoms with E-state index >= 15 is 0 Å². The smallest absolute Gasteiger partial charge is 0.306 e. The summed E-state index contributed by atoms with van der Waals surface area (Å²) in [5.74, 6) is 1.75. The van der Waals surface area contributed by atoms with Crippen LogP contribution in [0.2, 0.25) is 0 Å². The van der Waals surface area contributed by atoms with Crippen LogP contribution in [0.3, 0.4) is 0 Å². The van der Waals surface area contributed by atoms with Crippen molar-refractivity contribution in [1.29, 1.82) is 0 Å². The fourth-order valence-corrected chi connectivity index (χ4v) is 3.39. The van der Waals surface area contributed by atoms with E-state index in [4.69, 9.17) is 14.2 Å². The van der Waals surface area contributed by atoms with Crippen molar-refractivity contribution in [3.8, 4) is 11.5 Å². The molecule has 1 heterocycles. The van der Waals surface area contributed by atoms with Crippen LogP contribution in [-0.2, 0) is 22.5 Å². The molecule has 0 N–H and O–H groups in total. The van der Waals surface area contributed by atoms with Crippen LogP contribution in [0.4, 0.5) is 0 Å². The van der Waals surface area contributed by atoms with E-state index in [9.17, 15) is 9.59 Å². The van der Waals surface area contributed by atoms with E-state index in [1.165, 1.54) is 0 Å². The monoisotopic (exact) mass is 424 g/mol. The molecule has 31 heavy (non-hydrogen) atoms. The van der Waals surface area contributed by atoms with Crippen molar-refractivity contribution in [2.75, 3.05) is 19.8 Å². The van der Waals surface area contributed by atoms with Crippen molar-refractivity contribution in [3.63, 3.8) is 0 Å². The molecule has 0 saturated heterocycles. The molecule has 2 aromatic carbocycles. The van der Waals surface area contributed by atoms with Gasteiger partial charge in [0, 0.05) is 12.5 Å². The number of nitrogens with zero attached hydrogens (tertiary/aromatic N) is 2. The minimum absolute atomic E-state index is 0.0731. The molecule has 0 spiro atoms. The Hall–Kier alpha value is -3.35. The number of carbonyl (C=O) groups is 1. The number of para-hydroxylation sites is 1. The van der Waals surface area contributed by atoms with E-state index in [1.807, 2.05) is 50.2 Å². The maximum absolute atomic E-state index is 12.8. The Morgan fingerprint density at radius 3 is 2.65 bits per heavy atom. The van der Waals surface area contributed by atoms with Crippen LogP contribution in [0.5, 0.6) is 11.5 Å². The highest BCUT2D eigenvalue weighted by atomic mass is 16.5. The molecule has 0 amide bonds. The number of benzene rings is 2. The number of aryl methyl sites for hydroxylation is 2. The van der Waals surface area contributed by atoms with Crippen molar-refractivity contribution < 1.29 is 19.0 Å². The van der Waals surface area contributed by atoms with Gasteiger partial charge in [-0.15, -0.1) is 0 Å². The van der Waals surface area contributed by atoms with E-state index in [-0.39, 0.29) is 11.5 Å². The van der Waals surface area contributed by atoms with Crippen LogP contribution < -0.4 is 15.0 Å². The van der Waals surface area contributed by atoms with Gasteiger partial charge in [-0.3, -0.25) is 14.2 Å². The number of carbonyl (C=O) groups excluding carboxylic acids is 1. The summed E-state index contributed by atoms with van der Waals surface area (Å²) in [6, 6.07) is 12.9. The minimum atomic E-state index is -0.227. The second-order valence-electron chi connectivity index (χ2n) is 6.99. The predicted octanol–water partition coefficient (Wildman–Crippen LogP) is 3.68. The van der Waals surface area contributed by atoms with Crippen LogP contribution in [-0.4, -0.2) is 35.3 Å². The lowest BCUT2D eigenvalue weighted by Gasteiger charge is -2.14. The molecule has 0 unspecified atom stereocenters. The fourth-order valence-electron chi connectivity index (χ4n) is 3.39. The van der Waals surface area contributed by atoms with Crippen LogP contribution in [0.1, 0.15) is 31.7 Å². The van der Waals surface area contributed by atoms with Gasteiger partial charge in [0.25, 0.3) is 5.56 Å². The van der Waals surface area contributed by atoms with Crippen LogP contribution in [0, 0.1) is 6.92 Å². The van der Waals surface area contributed by atoms with Gasteiger partial charge in [0.05, 0.1) is 30.7 Å². The first-order valence-corrected chi connectivity index (χ1v) is 10.5. The van der Waals surface area contributed by atoms with Gasteiger partial charge in [-0.1, -0.05) is 18.2 Å². The Labute approximate surface area is 181 Å². The second kappa shape index (κ2) is 10.6. The van der Waals surface area contributed by atoms with Gasteiger partial charge >= 0.3 is 5.97 Å². The highest BCUT2D eigenvalue weighted by molar-refractivity contribution is 5.77. The van der Waals surface area contributed by atoms with Crippen molar-refractivity contribution in [2.24, 2.45) is 0 Å². The van der Waals surface area contributed by atoms with Crippen molar-refractivity contribution in [3.05, 3.63) is 64.2 Å². The van der Waals surface area contributed by atoms with E-state index in [0.717, 1.165) is 5.56 Å². The molecule has 3 aromatic rings. The zero-order valence-electron chi connectivity index (χ0n) is 18.2. The third kappa shape index (κ3) is 5.63. The quantitative estimate of drug-likeness (QED) is 0.462. The Morgan fingerprint density at radius 2 is 1.87 bits per heavy atom. The molecule has 0 fully saturated rings. The lowest BCUT2D eigenvalue weighted by Crippen LogP contribution is -2.26. The molecular weight excluding hydrogens is 396 g/mol. The second-order valence-corrected chi connectivity index (χ2v) is 6.99. The molecule has 1 aromatic heterocycles. The number of hydrogen-bond donors (Lipinski definition) is 0. The fraction of sp³-hybridized carbons (Fsp3) is 0.375. The normalized spacial score (nSPS) is 10.8. The van der Waals surface area contributed by atoms with Gasteiger partial charge in [-0.25, -0.2) is 4.98 Å². The number of fused-ring (bicyclic) bond motifs is 1. The summed E-state index contributed by atoms with van der Waals surface area (Å²) in [7, 11) is 0. The molecule has 0 aliphatic rings. The first-order valence-electron chi connectivity index (χ1n) is 10.5. The zero-order valence-corrected chi connectivity index (χ0v) is 18.2. The van der Waals surface area contributed by atoms with Gasteiger partial charge in [-0.2, -0.15) is 0 Å². The molecule has 0 aliphatic heterocycles. The van der Waals surface area contributed by atoms with Gasteiger partial charge < -0.3 is 14.2 Å².